The van der Waals surface area contributed by atoms with E-state index in [2.05, 4.69) is 42.9 Å². The minimum Gasteiger partial charge on any atom is -0.493 e. The van der Waals surface area contributed by atoms with Gasteiger partial charge in [-0.1, -0.05) is 15.9 Å². The Kier molecular flexibility index (Phi) is 5.35. The van der Waals surface area contributed by atoms with Gasteiger partial charge in [-0.25, -0.2) is 5.01 Å². The fourth-order valence-electron chi connectivity index (χ4n) is 4.05. The van der Waals surface area contributed by atoms with E-state index in [1.165, 1.54) is 0 Å². The normalized spacial score (nSPS) is 19.2. The zero-order valence-electron chi connectivity index (χ0n) is 16.9. The van der Waals surface area contributed by atoms with Gasteiger partial charge in [0.15, 0.2) is 11.5 Å². The summed E-state index contributed by atoms with van der Waals surface area (Å²) in [5.41, 5.74) is 4.05. The maximum absolute atomic E-state index is 6.46. The van der Waals surface area contributed by atoms with Crippen molar-refractivity contribution in [1.29, 1.82) is 0 Å². The summed E-state index contributed by atoms with van der Waals surface area (Å²) >= 11 is 7.28. The molecule has 0 bridgehead atoms. The van der Waals surface area contributed by atoms with Crippen LogP contribution in [0.15, 0.2) is 68.9 Å². The van der Waals surface area contributed by atoms with Crippen molar-refractivity contribution in [2.45, 2.75) is 18.7 Å². The molecule has 3 aromatic rings. The van der Waals surface area contributed by atoms with Gasteiger partial charge in [0.1, 0.15) is 5.75 Å². The molecule has 0 N–H and O–H groups in total. The molecule has 0 amide bonds. The Balaban J connectivity index is 1.61. The maximum Gasteiger partial charge on any atom is 0.214 e. The van der Waals surface area contributed by atoms with Crippen LogP contribution in [-0.4, -0.2) is 29.9 Å². The van der Waals surface area contributed by atoms with Crippen molar-refractivity contribution in [3.63, 3.8) is 0 Å². The van der Waals surface area contributed by atoms with Gasteiger partial charge in [0.25, 0.3) is 0 Å². The minimum atomic E-state index is -0.351. The molecule has 2 aliphatic rings. The Labute approximate surface area is 197 Å². The number of ether oxygens (including phenoxy) is 3. The number of pyridine rings is 1. The van der Waals surface area contributed by atoms with E-state index in [0.717, 1.165) is 43.5 Å². The molecule has 158 valence electrons. The summed E-state index contributed by atoms with van der Waals surface area (Å²) in [5, 5.41) is 7.05. The summed E-state index contributed by atoms with van der Waals surface area (Å²) in [6.45, 7) is 0. The molecular formula is C23H19Br2N3O3. The molecule has 5 rings (SSSR count). The zero-order valence-corrected chi connectivity index (χ0v) is 20.1. The molecule has 0 radical (unpaired) electrons. The molecule has 0 saturated carbocycles. The van der Waals surface area contributed by atoms with Crippen LogP contribution in [0.1, 0.15) is 35.4 Å². The molecule has 0 spiro atoms. The monoisotopic (exact) mass is 543 g/mol. The number of hydrogen-bond donors (Lipinski definition) is 0. The van der Waals surface area contributed by atoms with Gasteiger partial charge in [0.05, 0.1) is 30.4 Å². The van der Waals surface area contributed by atoms with Gasteiger partial charge in [0, 0.05) is 40.0 Å². The first kappa shape index (κ1) is 20.3. The fourth-order valence-corrected chi connectivity index (χ4v) is 5.40. The van der Waals surface area contributed by atoms with Crippen molar-refractivity contribution >= 4 is 37.6 Å². The molecule has 0 fully saturated rings. The summed E-state index contributed by atoms with van der Waals surface area (Å²) < 4.78 is 19.2. The summed E-state index contributed by atoms with van der Waals surface area (Å²) in [6.07, 6.45) is 3.94. The largest absolute Gasteiger partial charge is 0.493 e. The van der Waals surface area contributed by atoms with Crippen molar-refractivity contribution in [2.24, 2.45) is 5.10 Å². The van der Waals surface area contributed by atoms with Crippen LogP contribution >= 0.6 is 31.9 Å². The molecule has 1 aromatic heterocycles. The van der Waals surface area contributed by atoms with E-state index < -0.39 is 0 Å². The van der Waals surface area contributed by atoms with Gasteiger partial charge in [-0.05, 0) is 58.4 Å². The fraction of sp³-hybridized carbons (Fsp3) is 0.217. The Bertz CT molecular complexity index is 1170. The van der Waals surface area contributed by atoms with Crippen molar-refractivity contribution in [3.8, 4) is 17.2 Å². The summed E-state index contributed by atoms with van der Waals surface area (Å²) in [7, 11) is 3.27. The highest BCUT2D eigenvalue weighted by Gasteiger charge is 2.42. The second-order valence-electron chi connectivity index (χ2n) is 7.27. The van der Waals surface area contributed by atoms with Gasteiger partial charge in [-0.3, -0.25) is 4.98 Å². The highest BCUT2D eigenvalue weighted by Crippen LogP contribution is 2.51. The van der Waals surface area contributed by atoms with Gasteiger partial charge in [-0.2, -0.15) is 5.10 Å². The minimum absolute atomic E-state index is 0.0406. The van der Waals surface area contributed by atoms with E-state index >= 15 is 0 Å². The first-order valence-electron chi connectivity index (χ1n) is 9.72. The molecular weight excluding hydrogens is 526 g/mol. The zero-order chi connectivity index (χ0) is 21.5. The third-order valence-electron chi connectivity index (χ3n) is 5.52. The molecule has 31 heavy (non-hydrogen) atoms. The number of aromatic nitrogens is 1. The molecule has 2 aliphatic heterocycles. The van der Waals surface area contributed by atoms with Crippen molar-refractivity contribution in [2.75, 3.05) is 14.2 Å². The lowest BCUT2D eigenvalue weighted by molar-refractivity contribution is -0.0197. The lowest BCUT2D eigenvalue weighted by Crippen LogP contribution is -2.33. The van der Waals surface area contributed by atoms with Crippen LogP contribution in [0.25, 0.3) is 0 Å². The lowest BCUT2D eigenvalue weighted by Gasteiger charge is -2.38. The Morgan fingerprint density at radius 2 is 1.77 bits per heavy atom. The Morgan fingerprint density at radius 1 is 1.00 bits per heavy atom. The van der Waals surface area contributed by atoms with Crippen LogP contribution in [0, 0.1) is 0 Å². The number of benzene rings is 2. The molecule has 8 heteroatoms. The number of rotatable bonds is 4. The number of hydrogen-bond acceptors (Lipinski definition) is 6. The molecule has 3 heterocycles. The Morgan fingerprint density at radius 3 is 2.52 bits per heavy atom. The molecule has 0 aliphatic carbocycles. The summed E-state index contributed by atoms with van der Waals surface area (Å²) in [5.74, 6) is 2.22. The molecule has 2 aromatic carbocycles. The predicted octanol–water partition coefficient (Wildman–Crippen LogP) is 5.87. The standard InChI is InChI=1S/C23H19Br2N3O3/c1-29-20-4-3-14(9-21(20)30-2)18-12-19-16-10-15(24)11-17(25)22(16)31-23(28(19)27-18)13-5-7-26-8-6-13/h3-11,19,23H,12H2,1-2H3/t19-,23+/m0/s1. The van der Waals surface area contributed by atoms with Crippen molar-refractivity contribution in [3.05, 3.63) is 80.5 Å². The summed E-state index contributed by atoms with van der Waals surface area (Å²) in [4.78, 5) is 4.15. The van der Waals surface area contributed by atoms with E-state index in [4.69, 9.17) is 19.3 Å². The summed E-state index contributed by atoms with van der Waals surface area (Å²) in [6, 6.07) is 14.0. The SMILES string of the molecule is COc1ccc(C2=NN3[C@@H](c4ccncc4)Oc4c(Br)cc(Br)cc4[C@@H]3C2)cc1OC. The first-order chi connectivity index (χ1) is 15.1. The highest BCUT2D eigenvalue weighted by molar-refractivity contribution is 9.11. The number of methoxy groups -OCH3 is 2. The molecule has 6 nitrogen and oxygen atoms in total. The number of hydrazone groups is 1. The van der Waals surface area contributed by atoms with Crippen LogP contribution < -0.4 is 14.2 Å². The molecule has 2 atom stereocenters. The van der Waals surface area contributed by atoms with E-state index in [1.54, 1.807) is 26.6 Å². The number of fused-ring (bicyclic) bond motifs is 3. The maximum atomic E-state index is 6.46. The van der Waals surface area contributed by atoms with Gasteiger partial charge in [-0.15, -0.1) is 0 Å². The second kappa shape index (κ2) is 8.16. The van der Waals surface area contributed by atoms with E-state index in [0.29, 0.717) is 11.5 Å². The topological polar surface area (TPSA) is 56.2 Å². The van der Waals surface area contributed by atoms with Crippen LogP contribution in [0.2, 0.25) is 0 Å². The lowest BCUT2D eigenvalue weighted by atomic mass is 9.96. The van der Waals surface area contributed by atoms with E-state index in [-0.39, 0.29) is 12.3 Å². The van der Waals surface area contributed by atoms with Crippen molar-refractivity contribution in [1.82, 2.24) is 9.99 Å². The van der Waals surface area contributed by atoms with Gasteiger partial charge in [0.2, 0.25) is 6.23 Å². The average molecular weight is 545 g/mol. The van der Waals surface area contributed by atoms with Crippen LogP contribution in [-0.2, 0) is 0 Å². The van der Waals surface area contributed by atoms with Crippen LogP contribution in [0.5, 0.6) is 17.2 Å². The first-order valence-corrected chi connectivity index (χ1v) is 11.3. The smallest absolute Gasteiger partial charge is 0.214 e. The number of nitrogens with zero attached hydrogens (tertiary/aromatic N) is 3. The van der Waals surface area contributed by atoms with Crippen LogP contribution in [0.3, 0.4) is 0 Å². The highest BCUT2D eigenvalue weighted by atomic mass is 79.9. The van der Waals surface area contributed by atoms with E-state index in [9.17, 15) is 0 Å². The quantitative estimate of drug-likeness (QED) is 0.411. The van der Waals surface area contributed by atoms with Gasteiger partial charge >= 0.3 is 0 Å². The number of halogens is 2. The third kappa shape index (κ3) is 3.57. The Hall–Kier alpha value is -2.58. The van der Waals surface area contributed by atoms with Gasteiger partial charge < -0.3 is 14.2 Å². The predicted molar refractivity (Wildman–Crippen MR) is 125 cm³/mol. The molecule has 0 saturated heterocycles. The van der Waals surface area contributed by atoms with Crippen molar-refractivity contribution < 1.29 is 14.2 Å². The van der Waals surface area contributed by atoms with E-state index in [1.807, 2.05) is 41.4 Å². The molecule has 0 unspecified atom stereocenters. The van der Waals surface area contributed by atoms with Crippen LogP contribution in [0.4, 0.5) is 0 Å². The third-order valence-corrected chi connectivity index (χ3v) is 6.56. The second-order valence-corrected chi connectivity index (χ2v) is 9.04. The average Bonchev–Trinajstić information content (AvgIpc) is 3.24.